The number of nitrogens with one attached hydrogen (secondary N) is 2. The van der Waals surface area contributed by atoms with E-state index in [1.54, 1.807) is 0 Å². The Hall–Kier alpha value is -2.49. The average Bonchev–Trinajstić information content (AvgIpc) is 2.63. The van der Waals surface area contributed by atoms with Crippen LogP contribution in [0.4, 0.5) is 10.5 Å². The van der Waals surface area contributed by atoms with Crippen molar-refractivity contribution >= 4 is 11.8 Å². The fraction of sp³-hybridized carbons (Fsp3) is 0.409. The third kappa shape index (κ3) is 3.41. The molecule has 0 spiro atoms. The van der Waals surface area contributed by atoms with Crippen LogP contribution in [0, 0.1) is 11.8 Å². The van der Waals surface area contributed by atoms with E-state index in [0.29, 0.717) is 24.5 Å². The number of anilines is 1. The molecule has 0 bridgehead atoms. The van der Waals surface area contributed by atoms with Crippen molar-refractivity contribution in [2.75, 3.05) is 5.32 Å². The van der Waals surface area contributed by atoms with Gasteiger partial charge in [-0.1, -0.05) is 61.9 Å². The number of benzene rings is 2. The first-order valence-corrected chi connectivity index (χ1v) is 9.55. The molecular weight excluding hydrogens is 324 g/mol. The van der Waals surface area contributed by atoms with Crippen molar-refractivity contribution in [1.82, 2.24) is 5.32 Å². The smallest absolute Gasteiger partial charge is 0.407 e. The Labute approximate surface area is 155 Å². The SMILES string of the molecule is C[C@@H]1[C@@H](NC(=O)OCc2ccccc2)c2ccccc2N[C@H]1C1CCC1. The molecule has 1 aliphatic heterocycles. The van der Waals surface area contributed by atoms with Gasteiger partial charge in [0, 0.05) is 17.6 Å². The summed E-state index contributed by atoms with van der Waals surface area (Å²) in [6.45, 7) is 2.52. The summed E-state index contributed by atoms with van der Waals surface area (Å²) in [4.78, 5) is 12.4. The van der Waals surface area contributed by atoms with Crippen LogP contribution in [0.15, 0.2) is 54.6 Å². The Morgan fingerprint density at radius 3 is 2.58 bits per heavy atom. The highest BCUT2D eigenvalue weighted by Gasteiger charge is 2.40. The van der Waals surface area contributed by atoms with E-state index in [4.69, 9.17) is 4.74 Å². The van der Waals surface area contributed by atoms with Gasteiger partial charge in [0.2, 0.25) is 0 Å². The molecule has 4 nitrogen and oxygen atoms in total. The average molecular weight is 350 g/mol. The van der Waals surface area contributed by atoms with Gasteiger partial charge in [0.05, 0.1) is 6.04 Å². The largest absolute Gasteiger partial charge is 0.445 e. The topological polar surface area (TPSA) is 50.4 Å². The second-order valence-electron chi connectivity index (χ2n) is 7.49. The molecule has 1 aliphatic carbocycles. The molecule has 0 aromatic heterocycles. The van der Waals surface area contributed by atoms with Gasteiger partial charge in [-0.15, -0.1) is 0 Å². The standard InChI is InChI=1S/C22H26N2O2/c1-15-20(17-10-7-11-17)23-19-13-6-5-12-18(19)21(15)24-22(25)26-14-16-8-3-2-4-9-16/h2-6,8-9,12-13,15,17,20-21,23H,7,10-11,14H2,1H3,(H,24,25)/t15-,20+,21+/m0/s1. The second kappa shape index (κ2) is 7.40. The lowest BCUT2D eigenvalue weighted by molar-refractivity contribution is 0.125. The summed E-state index contributed by atoms with van der Waals surface area (Å²) >= 11 is 0. The number of hydrogen-bond acceptors (Lipinski definition) is 3. The molecule has 2 aromatic carbocycles. The molecule has 1 heterocycles. The molecule has 4 heteroatoms. The Bertz CT molecular complexity index is 758. The van der Waals surface area contributed by atoms with Crippen LogP contribution < -0.4 is 10.6 Å². The van der Waals surface area contributed by atoms with Gasteiger partial charge in [-0.05, 0) is 36.0 Å². The molecule has 136 valence electrons. The molecule has 0 unspecified atom stereocenters. The van der Waals surface area contributed by atoms with Crippen molar-refractivity contribution in [3.05, 3.63) is 65.7 Å². The normalized spacial score (nSPS) is 24.7. The number of hydrogen-bond donors (Lipinski definition) is 2. The molecule has 0 radical (unpaired) electrons. The second-order valence-corrected chi connectivity index (χ2v) is 7.49. The van der Waals surface area contributed by atoms with Crippen molar-refractivity contribution in [2.45, 2.75) is 44.9 Å². The van der Waals surface area contributed by atoms with Crippen LogP contribution in [0.5, 0.6) is 0 Å². The van der Waals surface area contributed by atoms with Crippen molar-refractivity contribution in [2.24, 2.45) is 11.8 Å². The Morgan fingerprint density at radius 1 is 1.12 bits per heavy atom. The van der Waals surface area contributed by atoms with Crippen molar-refractivity contribution in [1.29, 1.82) is 0 Å². The number of carbonyl (C=O) groups is 1. The van der Waals surface area contributed by atoms with E-state index >= 15 is 0 Å². The zero-order valence-electron chi connectivity index (χ0n) is 15.2. The first kappa shape index (κ1) is 17.0. The fourth-order valence-electron chi connectivity index (χ4n) is 4.15. The fourth-order valence-corrected chi connectivity index (χ4v) is 4.15. The molecule has 1 amide bonds. The van der Waals surface area contributed by atoms with Crippen molar-refractivity contribution < 1.29 is 9.53 Å². The number of amides is 1. The zero-order chi connectivity index (χ0) is 17.9. The van der Waals surface area contributed by atoms with Crippen LogP contribution in [0.25, 0.3) is 0 Å². The lowest BCUT2D eigenvalue weighted by Gasteiger charge is -2.45. The Balaban J connectivity index is 1.47. The van der Waals surface area contributed by atoms with Crippen LogP contribution in [0.2, 0.25) is 0 Å². The molecule has 2 aliphatic rings. The summed E-state index contributed by atoms with van der Waals surface area (Å²) in [6, 6.07) is 18.4. The van der Waals surface area contributed by atoms with Gasteiger partial charge in [-0.25, -0.2) is 4.79 Å². The maximum atomic E-state index is 12.4. The number of rotatable bonds is 4. The first-order valence-electron chi connectivity index (χ1n) is 9.55. The molecule has 1 fully saturated rings. The first-order chi connectivity index (χ1) is 12.7. The van der Waals surface area contributed by atoms with Crippen molar-refractivity contribution in [3.63, 3.8) is 0 Å². The number of alkyl carbamates (subject to hydrolysis) is 1. The molecule has 3 atom stereocenters. The minimum atomic E-state index is -0.352. The zero-order valence-corrected chi connectivity index (χ0v) is 15.2. The molecule has 4 rings (SSSR count). The van der Waals surface area contributed by atoms with Gasteiger partial charge in [0.25, 0.3) is 0 Å². The van der Waals surface area contributed by atoms with Crippen LogP contribution >= 0.6 is 0 Å². The van der Waals surface area contributed by atoms with Gasteiger partial charge in [0.15, 0.2) is 0 Å². The minimum absolute atomic E-state index is 0.0266. The third-order valence-corrected chi connectivity index (χ3v) is 5.85. The quantitative estimate of drug-likeness (QED) is 0.826. The van der Waals surface area contributed by atoms with Gasteiger partial charge in [0.1, 0.15) is 6.61 Å². The minimum Gasteiger partial charge on any atom is -0.445 e. The van der Waals surface area contributed by atoms with Gasteiger partial charge in [-0.2, -0.15) is 0 Å². The van der Waals surface area contributed by atoms with Crippen LogP contribution in [0.3, 0.4) is 0 Å². The van der Waals surface area contributed by atoms with E-state index in [1.165, 1.54) is 19.3 Å². The molecular formula is C22H26N2O2. The van der Waals surface area contributed by atoms with Gasteiger partial charge < -0.3 is 15.4 Å². The predicted octanol–water partition coefficient (Wildman–Crippen LogP) is 4.88. The van der Waals surface area contributed by atoms with Crippen LogP contribution in [0.1, 0.15) is 43.4 Å². The van der Waals surface area contributed by atoms with E-state index in [-0.39, 0.29) is 12.1 Å². The Morgan fingerprint density at radius 2 is 1.85 bits per heavy atom. The number of ether oxygens (including phenoxy) is 1. The number of para-hydroxylation sites is 1. The lowest BCUT2D eigenvalue weighted by atomic mass is 9.70. The summed E-state index contributed by atoms with van der Waals surface area (Å²) in [5, 5.41) is 6.84. The van der Waals surface area contributed by atoms with E-state index in [0.717, 1.165) is 16.8 Å². The summed E-state index contributed by atoms with van der Waals surface area (Å²) in [6.07, 6.45) is 3.51. The molecule has 26 heavy (non-hydrogen) atoms. The van der Waals surface area contributed by atoms with Gasteiger partial charge >= 0.3 is 6.09 Å². The lowest BCUT2D eigenvalue weighted by Crippen LogP contribution is -2.48. The molecule has 0 saturated heterocycles. The highest BCUT2D eigenvalue weighted by Crippen LogP contribution is 2.43. The van der Waals surface area contributed by atoms with E-state index in [2.05, 4.69) is 29.7 Å². The summed E-state index contributed by atoms with van der Waals surface area (Å²) in [5.41, 5.74) is 3.27. The van der Waals surface area contributed by atoms with Crippen LogP contribution in [-0.4, -0.2) is 12.1 Å². The summed E-state index contributed by atoms with van der Waals surface area (Å²) in [5.74, 6) is 1.02. The van der Waals surface area contributed by atoms with Gasteiger partial charge in [-0.3, -0.25) is 0 Å². The van der Waals surface area contributed by atoms with E-state index < -0.39 is 0 Å². The molecule has 1 saturated carbocycles. The summed E-state index contributed by atoms with van der Waals surface area (Å²) in [7, 11) is 0. The summed E-state index contributed by atoms with van der Waals surface area (Å²) < 4.78 is 5.46. The molecule has 2 N–H and O–H groups in total. The third-order valence-electron chi connectivity index (χ3n) is 5.85. The maximum absolute atomic E-state index is 12.4. The highest BCUT2D eigenvalue weighted by molar-refractivity contribution is 5.69. The maximum Gasteiger partial charge on any atom is 0.407 e. The predicted molar refractivity (Wildman–Crippen MR) is 103 cm³/mol. The number of fused-ring (bicyclic) bond motifs is 1. The monoisotopic (exact) mass is 350 g/mol. The molecule has 2 aromatic rings. The van der Waals surface area contributed by atoms with Crippen LogP contribution in [-0.2, 0) is 11.3 Å². The highest BCUT2D eigenvalue weighted by atomic mass is 16.5. The Kier molecular flexibility index (Phi) is 4.83. The van der Waals surface area contributed by atoms with E-state index in [9.17, 15) is 4.79 Å². The number of carbonyl (C=O) groups excluding carboxylic acids is 1. The van der Waals surface area contributed by atoms with Crippen molar-refractivity contribution in [3.8, 4) is 0 Å². The van der Waals surface area contributed by atoms with E-state index in [1.807, 2.05) is 42.5 Å².